The average Bonchev–Trinajstić information content (AvgIpc) is 2.93. The van der Waals surface area contributed by atoms with E-state index >= 15 is 0 Å². The molecule has 0 saturated heterocycles. The molecule has 0 bridgehead atoms. The second-order valence-electron chi connectivity index (χ2n) is 9.38. The van der Waals surface area contributed by atoms with Gasteiger partial charge in [-0.05, 0) is 56.2 Å². The molecular formula is C29H28N6O3. The van der Waals surface area contributed by atoms with E-state index in [4.69, 9.17) is 4.98 Å². The molecule has 0 unspecified atom stereocenters. The van der Waals surface area contributed by atoms with Crippen molar-refractivity contribution in [1.29, 1.82) is 0 Å². The van der Waals surface area contributed by atoms with Crippen LogP contribution in [0.1, 0.15) is 61.0 Å². The number of hydrogen-bond acceptors (Lipinski definition) is 7. The Morgan fingerprint density at radius 2 is 1.79 bits per heavy atom. The number of rotatable bonds is 7. The van der Waals surface area contributed by atoms with Crippen LogP contribution in [-0.2, 0) is 4.79 Å². The van der Waals surface area contributed by atoms with E-state index in [1.54, 1.807) is 48.7 Å². The van der Waals surface area contributed by atoms with E-state index in [1.807, 2.05) is 6.07 Å². The molecule has 0 spiro atoms. The van der Waals surface area contributed by atoms with Crippen molar-refractivity contribution in [2.45, 2.75) is 44.9 Å². The fraction of sp³-hybridized carbons (Fsp3) is 0.241. The van der Waals surface area contributed by atoms with Gasteiger partial charge in [0, 0.05) is 22.9 Å². The predicted molar refractivity (Wildman–Crippen MR) is 147 cm³/mol. The maximum atomic E-state index is 13.9. The van der Waals surface area contributed by atoms with Gasteiger partial charge in [-0.3, -0.25) is 19.0 Å². The quantitative estimate of drug-likeness (QED) is 0.257. The van der Waals surface area contributed by atoms with E-state index in [0.29, 0.717) is 39.5 Å². The third-order valence-corrected chi connectivity index (χ3v) is 6.70. The van der Waals surface area contributed by atoms with Crippen LogP contribution >= 0.6 is 0 Å². The van der Waals surface area contributed by atoms with Gasteiger partial charge in [-0.15, -0.1) is 0 Å². The molecule has 1 aliphatic rings. The summed E-state index contributed by atoms with van der Waals surface area (Å²) in [7, 11) is 0. The summed E-state index contributed by atoms with van der Waals surface area (Å²) in [6.07, 6.45) is 7.90. The van der Waals surface area contributed by atoms with Crippen LogP contribution in [0.3, 0.4) is 0 Å². The van der Waals surface area contributed by atoms with Gasteiger partial charge in [0.1, 0.15) is 11.2 Å². The Bertz CT molecular complexity index is 1600. The largest absolute Gasteiger partial charge is 0.324 e. The normalized spacial score (nSPS) is 13.7. The molecule has 0 aliphatic heterocycles. The molecule has 2 N–H and O–H groups in total. The standard InChI is InChI=1S/C29H28N6O3/c1-3-25(37)31-22-13-8-14-23(16-22)35-27-24(33-26(28(35)38)19-9-5-4-6-10-19)17-30-29(34-27)32-21-12-7-11-20(15-21)18(2)36/h3,7-8,11-17,19H,1,4-6,9-10H2,2H3,(H,31,37)(H,30,32,34). The number of nitrogens with one attached hydrogen (secondary N) is 2. The Morgan fingerprint density at radius 3 is 2.55 bits per heavy atom. The highest BCUT2D eigenvalue weighted by Crippen LogP contribution is 2.31. The Labute approximate surface area is 219 Å². The molecule has 38 heavy (non-hydrogen) atoms. The summed E-state index contributed by atoms with van der Waals surface area (Å²) >= 11 is 0. The number of anilines is 3. The number of amides is 1. The minimum absolute atomic E-state index is 0.0511. The lowest BCUT2D eigenvalue weighted by molar-refractivity contribution is -0.111. The molecule has 1 amide bonds. The lowest BCUT2D eigenvalue weighted by Gasteiger charge is -2.22. The van der Waals surface area contributed by atoms with Gasteiger partial charge in [-0.1, -0.05) is 44.0 Å². The van der Waals surface area contributed by atoms with E-state index < -0.39 is 0 Å². The second-order valence-corrected chi connectivity index (χ2v) is 9.38. The smallest absolute Gasteiger partial charge is 0.278 e. The first-order chi connectivity index (χ1) is 18.4. The third-order valence-electron chi connectivity index (χ3n) is 6.70. The van der Waals surface area contributed by atoms with Crippen LogP contribution in [0.25, 0.3) is 16.9 Å². The number of fused-ring (bicyclic) bond motifs is 1. The number of ketones is 1. The Hall–Kier alpha value is -4.66. The van der Waals surface area contributed by atoms with Gasteiger partial charge < -0.3 is 10.6 Å². The van der Waals surface area contributed by atoms with Crippen LogP contribution in [0, 0.1) is 0 Å². The van der Waals surface area contributed by atoms with Crippen molar-refractivity contribution in [3.63, 3.8) is 0 Å². The molecule has 1 fully saturated rings. The van der Waals surface area contributed by atoms with Crippen LogP contribution < -0.4 is 16.2 Å². The first-order valence-electron chi connectivity index (χ1n) is 12.6. The molecule has 4 aromatic rings. The Kier molecular flexibility index (Phi) is 7.08. The van der Waals surface area contributed by atoms with E-state index in [2.05, 4.69) is 27.2 Å². The zero-order chi connectivity index (χ0) is 26.6. The molecule has 9 heteroatoms. The molecule has 9 nitrogen and oxygen atoms in total. The molecule has 1 aliphatic carbocycles. The maximum absolute atomic E-state index is 13.9. The van der Waals surface area contributed by atoms with Crippen molar-refractivity contribution < 1.29 is 9.59 Å². The highest BCUT2D eigenvalue weighted by atomic mass is 16.1. The molecule has 2 aromatic heterocycles. The minimum atomic E-state index is -0.349. The molecule has 2 aromatic carbocycles. The first-order valence-corrected chi connectivity index (χ1v) is 12.6. The van der Waals surface area contributed by atoms with E-state index in [9.17, 15) is 14.4 Å². The average molecular weight is 509 g/mol. The summed E-state index contributed by atoms with van der Waals surface area (Å²) in [5, 5.41) is 5.87. The highest BCUT2D eigenvalue weighted by molar-refractivity contribution is 5.99. The van der Waals surface area contributed by atoms with Gasteiger partial charge in [-0.2, -0.15) is 4.98 Å². The second kappa shape index (κ2) is 10.8. The molecular weight excluding hydrogens is 480 g/mol. The summed E-state index contributed by atoms with van der Waals surface area (Å²) in [6, 6.07) is 14.1. The summed E-state index contributed by atoms with van der Waals surface area (Å²) < 4.78 is 1.54. The SMILES string of the molecule is C=CC(=O)Nc1cccc(-n2c(=O)c(C3CCCCC3)nc3cnc(Nc4cccc(C(C)=O)c4)nc32)c1. The molecule has 2 heterocycles. The molecule has 1 saturated carbocycles. The van der Waals surface area contributed by atoms with Crippen molar-refractivity contribution >= 4 is 40.2 Å². The number of hydrogen-bond donors (Lipinski definition) is 2. The minimum Gasteiger partial charge on any atom is -0.324 e. The monoisotopic (exact) mass is 508 g/mol. The fourth-order valence-corrected chi connectivity index (χ4v) is 4.80. The number of nitrogens with zero attached hydrogens (tertiary/aromatic N) is 4. The van der Waals surface area contributed by atoms with Gasteiger partial charge in [0.15, 0.2) is 11.4 Å². The molecule has 192 valence electrons. The molecule has 5 rings (SSSR count). The molecule has 0 atom stereocenters. The summed E-state index contributed by atoms with van der Waals surface area (Å²) in [5.74, 6) is -0.0688. The summed E-state index contributed by atoms with van der Waals surface area (Å²) in [4.78, 5) is 51.5. The van der Waals surface area contributed by atoms with Crippen LogP contribution in [-0.4, -0.2) is 31.2 Å². The maximum Gasteiger partial charge on any atom is 0.278 e. The topological polar surface area (TPSA) is 119 Å². The van der Waals surface area contributed by atoms with Crippen LogP contribution in [0.4, 0.5) is 17.3 Å². The van der Waals surface area contributed by atoms with Crippen molar-refractivity contribution in [3.8, 4) is 5.69 Å². The predicted octanol–water partition coefficient (Wildman–Crippen LogP) is 5.29. The Morgan fingerprint density at radius 1 is 1.03 bits per heavy atom. The van der Waals surface area contributed by atoms with Crippen molar-refractivity contribution in [2.75, 3.05) is 10.6 Å². The number of aromatic nitrogens is 4. The zero-order valence-electron chi connectivity index (χ0n) is 21.1. The van der Waals surface area contributed by atoms with Crippen LogP contribution in [0.15, 0.2) is 72.2 Å². The number of carbonyl (C=O) groups excluding carboxylic acids is 2. The van der Waals surface area contributed by atoms with Crippen molar-refractivity contribution in [2.24, 2.45) is 0 Å². The van der Waals surface area contributed by atoms with E-state index in [1.165, 1.54) is 17.6 Å². The lowest BCUT2D eigenvalue weighted by Crippen LogP contribution is -2.28. The van der Waals surface area contributed by atoms with Crippen molar-refractivity contribution in [1.82, 2.24) is 19.5 Å². The van der Waals surface area contributed by atoms with Crippen LogP contribution in [0.2, 0.25) is 0 Å². The number of carbonyl (C=O) groups is 2. The van der Waals surface area contributed by atoms with Crippen molar-refractivity contribution in [3.05, 3.63) is 89.0 Å². The van der Waals surface area contributed by atoms with E-state index in [0.717, 1.165) is 32.1 Å². The fourth-order valence-electron chi connectivity index (χ4n) is 4.80. The van der Waals surface area contributed by atoms with Gasteiger partial charge in [0.2, 0.25) is 11.9 Å². The van der Waals surface area contributed by atoms with Gasteiger partial charge in [0.25, 0.3) is 5.56 Å². The zero-order valence-corrected chi connectivity index (χ0v) is 21.1. The summed E-state index contributed by atoms with van der Waals surface area (Å²) in [5.41, 5.74) is 3.38. The van der Waals surface area contributed by atoms with Gasteiger partial charge in [-0.25, -0.2) is 9.97 Å². The number of benzene rings is 2. The first kappa shape index (κ1) is 25.0. The highest BCUT2D eigenvalue weighted by Gasteiger charge is 2.24. The van der Waals surface area contributed by atoms with Gasteiger partial charge >= 0.3 is 0 Å². The van der Waals surface area contributed by atoms with E-state index in [-0.39, 0.29) is 29.1 Å². The molecule has 0 radical (unpaired) electrons. The van der Waals surface area contributed by atoms with Crippen LogP contribution in [0.5, 0.6) is 0 Å². The lowest BCUT2D eigenvalue weighted by atomic mass is 9.87. The Balaban J connectivity index is 1.65. The summed E-state index contributed by atoms with van der Waals surface area (Å²) in [6.45, 7) is 5.00. The number of Topliss-reactive ketones (excluding diaryl/α,β-unsaturated/α-hetero) is 1. The van der Waals surface area contributed by atoms with Gasteiger partial charge in [0.05, 0.1) is 11.9 Å². The third kappa shape index (κ3) is 5.22.